The molecule has 0 fully saturated rings. The Morgan fingerprint density at radius 3 is 2.18 bits per heavy atom. The molecular weight excluding hydrogens is 416 g/mol. The molecule has 0 saturated carbocycles. The van der Waals surface area contributed by atoms with Gasteiger partial charge in [-0.05, 0) is 49.1 Å². The van der Waals surface area contributed by atoms with Gasteiger partial charge in [-0.3, -0.25) is 0 Å². The quantitative estimate of drug-likeness (QED) is 0.457. The second-order valence-electron chi connectivity index (χ2n) is 7.53. The van der Waals surface area contributed by atoms with E-state index in [0.717, 1.165) is 25.1 Å². The fourth-order valence-corrected chi connectivity index (χ4v) is 3.12. The molecule has 0 saturated heterocycles. The van der Waals surface area contributed by atoms with Gasteiger partial charge in [0.05, 0.1) is 6.61 Å². The van der Waals surface area contributed by atoms with Crippen molar-refractivity contribution in [2.24, 2.45) is 5.92 Å². The Hall–Kier alpha value is -1.40. The Morgan fingerprint density at radius 2 is 1.61 bits per heavy atom. The topological polar surface area (TPSA) is 53.5 Å². The first-order valence-corrected chi connectivity index (χ1v) is 9.88. The molecule has 2 atom stereocenters. The van der Waals surface area contributed by atoms with E-state index in [9.17, 15) is 5.11 Å². The number of benzene rings is 2. The third kappa shape index (κ3) is 9.20. The van der Waals surface area contributed by atoms with E-state index in [4.69, 9.17) is 4.74 Å². The predicted octanol–water partition coefficient (Wildman–Crippen LogP) is 3.97. The lowest BCUT2D eigenvalue weighted by Gasteiger charge is -2.23. The largest absolute Gasteiger partial charge is 0.489 e. The van der Waals surface area contributed by atoms with Crippen LogP contribution in [-0.2, 0) is 13.0 Å². The Morgan fingerprint density at radius 1 is 0.929 bits per heavy atom. The van der Waals surface area contributed by atoms with Crippen molar-refractivity contribution in [3.63, 3.8) is 0 Å². The van der Waals surface area contributed by atoms with Crippen LogP contribution in [0.15, 0.2) is 54.6 Å². The Balaban J connectivity index is 0.00000392. The van der Waals surface area contributed by atoms with Crippen molar-refractivity contribution in [3.8, 4) is 5.75 Å². The van der Waals surface area contributed by atoms with Crippen LogP contribution in [0.2, 0.25) is 0 Å². The average Bonchev–Trinajstić information content (AvgIpc) is 2.69. The lowest BCUT2D eigenvalue weighted by molar-refractivity contribution is 0.221. The zero-order chi connectivity index (χ0) is 19.5. The van der Waals surface area contributed by atoms with Crippen LogP contribution in [0.4, 0.5) is 0 Å². The number of hydrogen-bond donors (Lipinski definition) is 3. The Kier molecular flexibility index (Phi) is 12.1. The van der Waals surface area contributed by atoms with E-state index in [0.29, 0.717) is 18.6 Å². The molecule has 0 heterocycles. The van der Waals surface area contributed by atoms with Gasteiger partial charge in [0, 0.05) is 18.6 Å². The van der Waals surface area contributed by atoms with Crippen molar-refractivity contribution in [3.05, 3.63) is 65.7 Å². The minimum Gasteiger partial charge on any atom is -0.489 e. The van der Waals surface area contributed by atoms with E-state index < -0.39 is 0 Å². The van der Waals surface area contributed by atoms with Gasteiger partial charge in [-0.25, -0.2) is 0 Å². The zero-order valence-corrected chi connectivity index (χ0v) is 18.9. The maximum absolute atomic E-state index is 9.52. The Labute approximate surface area is 180 Å². The van der Waals surface area contributed by atoms with Gasteiger partial charge in [-0.15, -0.1) is 17.0 Å². The van der Waals surface area contributed by atoms with Crippen LogP contribution in [0, 0.1) is 5.92 Å². The third-order valence-electron chi connectivity index (χ3n) is 4.69. The number of aliphatic hydroxyl groups excluding tert-OH is 1. The molecule has 0 amide bonds. The van der Waals surface area contributed by atoms with Crippen molar-refractivity contribution in [2.75, 3.05) is 20.2 Å². The molecule has 2 rings (SSSR count). The number of likely N-dealkylation sites (N-methyl/N-ethyl adjacent to an activating group) is 1. The number of halogens is 1. The first-order chi connectivity index (χ1) is 13.1. The standard InChI is InChI=1S/C23H34N2O2.BrH/c1-18(2)13-22(16-26)25-15-21(24-3)14-19-9-11-23(12-10-19)27-17-20-7-5-4-6-8-20;/h4-12,18,21-22,24-26H,13-17H2,1-3H3;1H. The Bertz CT molecular complexity index is 635. The van der Waals surface area contributed by atoms with Crippen molar-refractivity contribution in [1.29, 1.82) is 0 Å². The van der Waals surface area contributed by atoms with Gasteiger partial charge in [0.25, 0.3) is 0 Å². The molecule has 0 aliphatic carbocycles. The van der Waals surface area contributed by atoms with E-state index in [2.05, 4.69) is 48.7 Å². The molecule has 0 aromatic heterocycles. The third-order valence-corrected chi connectivity index (χ3v) is 4.69. The molecule has 3 N–H and O–H groups in total. The molecule has 0 aliphatic heterocycles. The zero-order valence-electron chi connectivity index (χ0n) is 17.2. The van der Waals surface area contributed by atoms with Gasteiger partial charge >= 0.3 is 0 Å². The van der Waals surface area contributed by atoms with E-state index in [1.54, 1.807) is 0 Å². The van der Waals surface area contributed by atoms with E-state index in [1.807, 2.05) is 37.4 Å². The molecule has 2 aromatic rings. The maximum atomic E-state index is 9.52. The summed E-state index contributed by atoms with van der Waals surface area (Å²) >= 11 is 0. The molecule has 5 heteroatoms. The fourth-order valence-electron chi connectivity index (χ4n) is 3.12. The number of aliphatic hydroxyl groups is 1. The number of ether oxygens (including phenoxy) is 1. The van der Waals surface area contributed by atoms with E-state index in [-0.39, 0.29) is 29.6 Å². The van der Waals surface area contributed by atoms with Crippen LogP contribution in [0.5, 0.6) is 5.75 Å². The molecule has 0 radical (unpaired) electrons. The van der Waals surface area contributed by atoms with Gasteiger partial charge in [-0.1, -0.05) is 56.3 Å². The van der Waals surface area contributed by atoms with Crippen LogP contribution >= 0.6 is 17.0 Å². The first kappa shape index (κ1) is 24.6. The van der Waals surface area contributed by atoms with Gasteiger partial charge < -0.3 is 20.5 Å². The van der Waals surface area contributed by atoms with Crippen LogP contribution in [-0.4, -0.2) is 37.4 Å². The highest BCUT2D eigenvalue weighted by atomic mass is 79.9. The normalized spacial score (nSPS) is 13.0. The van der Waals surface area contributed by atoms with Gasteiger partial charge in [0.1, 0.15) is 12.4 Å². The average molecular weight is 451 g/mol. The lowest BCUT2D eigenvalue weighted by atomic mass is 10.0. The molecule has 28 heavy (non-hydrogen) atoms. The predicted molar refractivity (Wildman–Crippen MR) is 122 cm³/mol. The molecular formula is C23H35BrN2O2. The van der Waals surface area contributed by atoms with Crippen molar-refractivity contribution >= 4 is 17.0 Å². The summed E-state index contributed by atoms with van der Waals surface area (Å²) in [5, 5.41) is 16.4. The highest BCUT2D eigenvalue weighted by Gasteiger charge is 2.13. The number of nitrogens with one attached hydrogen (secondary N) is 2. The summed E-state index contributed by atoms with van der Waals surface area (Å²) in [5.74, 6) is 1.46. The molecule has 4 nitrogen and oxygen atoms in total. The van der Waals surface area contributed by atoms with Crippen LogP contribution < -0.4 is 15.4 Å². The van der Waals surface area contributed by atoms with Crippen LogP contribution in [0.3, 0.4) is 0 Å². The van der Waals surface area contributed by atoms with Crippen LogP contribution in [0.25, 0.3) is 0 Å². The SMILES string of the molecule is Br.CNC(CNC(CO)CC(C)C)Cc1ccc(OCc2ccccc2)cc1. The van der Waals surface area contributed by atoms with Gasteiger partial charge in [-0.2, -0.15) is 0 Å². The molecule has 156 valence electrons. The summed E-state index contributed by atoms with van der Waals surface area (Å²) in [6.45, 7) is 5.97. The minimum absolute atomic E-state index is 0. The van der Waals surface area contributed by atoms with E-state index in [1.165, 1.54) is 11.1 Å². The van der Waals surface area contributed by atoms with E-state index >= 15 is 0 Å². The smallest absolute Gasteiger partial charge is 0.119 e. The summed E-state index contributed by atoms with van der Waals surface area (Å²) in [6, 6.07) is 19.0. The molecule has 2 aromatic carbocycles. The monoisotopic (exact) mass is 450 g/mol. The maximum Gasteiger partial charge on any atom is 0.119 e. The number of hydrogen-bond acceptors (Lipinski definition) is 4. The second kappa shape index (κ2) is 13.7. The molecule has 2 unspecified atom stereocenters. The minimum atomic E-state index is 0. The second-order valence-corrected chi connectivity index (χ2v) is 7.53. The summed E-state index contributed by atoms with van der Waals surface area (Å²) in [7, 11) is 1.99. The van der Waals surface area contributed by atoms with Crippen LogP contribution in [0.1, 0.15) is 31.4 Å². The fraction of sp³-hybridized carbons (Fsp3) is 0.478. The van der Waals surface area contributed by atoms with Crippen molar-refractivity contribution in [1.82, 2.24) is 10.6 Å². The highest BCUT2D eigenvalue weighted by Crippen LogP contribution is 2.15. The summed E-state index contributed by atoms with van der Waals surface area (Å²) < 4.78 is 5.85. The summed E-state index contributed by atoms with van der Waals surface area (Å²) in [6.07, 6.45) is 1.92. The lowest BCUT2D eigenvalue weighted by Crippen LogP contribution is -2.44. The molecule has 0 spiro atoms. The summed E-state index contributed by atoms with van der Waals surface area (Å²) in [5.41, 5.74) is 2.44. The first-order valence-electron chi connectivity index (χ1n) is 9.88. The summed E-state index contributed by atoms with van der Waals surface area (Å²) in [4.78, 5) is 0. The number of rotatable bonds is 12. The molecule has 0 aliphatic rings. The molecule has 0 bridgehead atoms. The van der Waals surface area contributed by atoms with Crippen molar-refractivity contribution in [2.45, 2.75) is 45.4 Å². The van der Waals surface area contributed by atoms with Gasteiger partial charge in [0.15, 0.2) is 0 Å². The van der Waals surface area contributed by atoms with Crippen molar-refractivity contribution < 1.29 is 9.84 Å². The highest BCUT2D eigenvalue weighted by molar-refractivity contribution is 8.93. The van der Waals surface area contributed by atoms with Gasteiger partial charge in [0.2, 0.25) is 0 Å².